The van der Waals surface area contributed by atoms with Crippen molar-refractivity contribution < 1.29 is 39.8 Å². The molecule has 0 bridgehead atoms. The zero-order chi connectivity index (χ0) is 22.9. The molecule has 5 atom stereocenters. The van der Waals surface area contributed by atoms with Crippen molar-refractivity contribution in [3.8, 4) is 11.5 Å². The molecule has 1 aliphatic heterocycles. The third-order valence-electron chi connectivity index (χ3n) is 6.60. The fourth-order valence-electron chi connectivity index (χ4n) is 4.82. The number of benzene rings is 2. The Balaban J connectivity index is 1.56. The van der Waals surface area contributed by atoms with E-state index in [-0.39, 0.29) is 11.2 Å². The third-order valence-corrected chi connectivity index (χ3v) is 6.60. The summed E-state index contributed by atoms with van der Waals surface area (Å²) in [6.45, 7) is 0. The summed E-state index contributed by atoms with van der Waals surface area (Å²) in [4.78, 5) is 11.3. The molecule has 0 aromatic heterocycles. The van der Waals surface area contributed by atoms with Gasteiger partial charge in [-0.2, -0.15) is 0 Å². The monoisotopic (exact) mass is 444 g/mol. The van der Waals surface area contributed by atoms with Gasteiger partial charge in [-0.15, -0.1) is 0 Å². The number of phenols is 1. The summed E-state index contributed by atoms with van der Waals surface area (Å²) in [5.41, 5.74) is 2.05. The molecule has 172 valence electrons. The van der Waals surface area contributed by atoms with Crippen LogP contribution in [0, 0.1) is 0 Å². The van der Waals surface area contributed by atoms with Crippen LogP contribution in [0.1, 0.15) is 43.2 Å². The van der Waals surface area contributed by atoms with Gasteiger partial charge in [0.1, 0.15) is 29.8 Å². The Morgan fingerprint density at radius 1 is 0.844 bits per heavy atom. The number of carboxylic acid groups (broad SMARTS) is 1. The summed E-state index contributed by atoms with van der Waals surface area (Å²) >= 11 is 0. The zero-order valence-corrected chi connectivity index (χ0v) is 17.5. The Morgan fingerprint density at radius 3 is 1.97 bits per heavy atom. The fraction of sp³-hybridized carbons (Fsp3) is 0.458. The normalized spacial score (nSPS) is 29.9. The molecule has 2 aromatic rings. The van der Waals surface area contributed by atoms with Crippen LogP contribution in [-0.2, 0) is 14.9 Å². The average Bonchev–Trinajstić information content (AvgIpc) is 2.80. The van der Waals surface area contributed by atoms with Gasteiger partial charge < -0.3 is 35.0 Å². The molecular weight excluding hydrogens is 416 g/mol. The lowest BCUT2D eigenvalue weighted by Gasteiger charge is -2.39. The minimum absolute atomic E-state index is 0.181. The molecule has 2 fully saturated rings. The van der Waals surface area contributed by atoms with Crippen molar-refractivity contribution in [2.45, 2.75) is 68.2 Å². The second-order valence-electron chi connectivity index (χ2n) is 8.57. The molecule has 0 radical (unpaired) electrons. The van der Waals surface area contributed by atoms with E-state index in [9.17, 15) is 30.3 Å². The molecule has 2 aromatic carbocycles. The summed E-state index contributed by atoms with van der Waals surface area (Å²) in [5, 5.41) is 48.8. The van der Waals surface area contributed by atoms with Crippen molar-refractivity contribution in [3.05, 3.63) is 59.7 Å². The molecule has 5 N–H and O–H groups in total. The van der Waals surface area contributed by atoms with Crippen molar-refractivity contribution in [3.63, 3.8) is 0 Å². The molecule has 1 saturated heterocycles. The van der Waals surface area contributed by atoms with Gasteiger partial charge in [0.15, 0.2) is 6.10 Å². The van der Waals surface area contributed by atoms with Gasteiger partial charge in [-0.25, -0.2) is 4.79 Å². The smallest absolute Gasteiger partial charge is 0.335 e. The SMILES string of the molecule is O=C(O)[C@H]1O[C@@H](Oc2ccc(C3(c4ccc(O)cc4)CCCCC3)cc2)[C@H](O)[C@@H](O)[C@@H]1O. The van der Waals surface area contributed by atoms with E-state index in [1.165, 1.54) is 6.42 Å². The molecule has 0 amide bonds. The van der Waals surface area contributed by atoms with Crippen LogP contribution in [0.5, 0.6) is 11.5 Å². The number of hydrogen-bond donors (Lipinski definition) is 5. The van der Waals surface area contributed by atoms with Gasteiger partial charge in [-0.05, 0) is 48.2 Å². The average molecular weight is 444 g/mol. The van der Waals surface area contributed by atoms with Crippen LogP contribution < -0.4 is 4.74 Å². The minimum Gasteiger partial charge on any atom is -0.508 e. The Hall–Kier alpha value is -2.65. The van der Waals surface area contributed by atoms with Crippen molar-refractivity contribution in [2.75, 3.05) is 0 Å². The van der Waals surface area contributed by atoms with E-state index in [0.717, 1.165) is 36.8 Å². The van der Waals surface area contributed by atoms with Crippen molar-refractivity contribution in [1.82, 2.24) is 0 Å². The first kappa shape index (κ1) is 22.5. The maximum atomic E-state index is 11.3. The number of aromatic hydroxyl groups is 1. The molecule has 4 rings (SSSR count). The molecule has 0 unspecified atom stereocenters. The molecule has 1 saturated carbocycles. The van der Waals surface area contributed by atoms with Gasteiger partial charge in [0.2, 0.25) is 6.29 Å². The number of aliphatic hydroxyl groups is 3. The number of aliphatic hydroxyl groups excluding tert-OH is 3. The number of ether oxygens (including phenoxy) is 2. The van der Waals surface area contributed by atoms with E-state index in [2.05, 4.69) is 0 Å². The van der Waals surface area contributed by atoms with E-state index >= 15 is 0 Å². The number of carboxylic acids is 1. The molecule has 0 spiro atoms. The first-order valence-electron chi connectivity index (χ1n) is 10.8. The molecule has 2 aliphatic rings. The maximum Gasteiger partial charge on any atom is 0.335 e. The quantitative estimate of drug-likeness (QED) is 0.472. The van der Waals surface area contributed by atoms with Gasteiger partial charge in [-0.3, -0.25) is 0 Å². The number of rotatable bonds is 5. The van der Waals surface area contributed by atoms with Gasteiger partial charge in [0.05, 0.1) is 0 Å². The maximum absolute atomic E-state index is 11.3. The summed E-state index contributed by atoms with van der Waals surface area (Å²) in [6.07, 6.45) is -2.91. The highest BCUT2D eigenvalue weighted by molar-refractivity contribution is 5.73. The van der Waals surface area contributed by atoms with Gasteiger partial charge in [0, 0.05) is 5.41 Å². The van der Waals surface area contributed by atoms with Crippen LogP contribution in [0.15, 0.2) is 48.5 Å². The van der Waals surface area contributed by atoms with E-state index in [0.29, 0.717) is 5.75 Å². The number of carbonyl (C=O) groups is 1. The Labute approximate surface area is 185 Å². The molecular formula is C24H28O8. The van der Waals surface area contributed by atoms with E-state index < -0.39 is 36.7 Å². The molecule has 8 heteroatoms. The van der Waals surface area contributed by atoms with Crippen LogP contribution >= 0.6 is 0 Å². The lowest BCUT2D eigenvalue weighted by molar-refractivity contribution is -0.271. The summed E-state index contributed by atoms with van der Waals surface area (Å²) in [5.74, 6) is -0.899. The first-order valence-corrected chi connectivity index (χ1v) is 10.8. The van der Waals surface area contributed by atoms with Crippen LogP contribution in [0.25, 0.3) is 0 Å². The van der Waals surface area contributed by atoms with Crippen molar-refractivity contribution >= 4 is 5.97 Å². The highest BCUT2D eigenvalue weighted by atomic mass is 16.7. The van der Waals surface area contributed by atoms with Gasteiger partial charge in [-0.1, -0.05) is 43.5 Å². The molecule has 8 nitrogen and oxygen atoms in total. The topological polar surface area (TPSA) is 137 Å². The fourth-order valence-corrected chi connectivity index (χ4v) is 4.82. The second kappa shape index (κ2) is 9.07. The highest BCUT2D eigenvalue weighted by Crippen LogP contribution is 2.45. The van der Waals surface area contributed by atoms with E-state index in [1.807, 2.05) is 24.3 Å². The number of hydrogen-bond acceptors (Lipinski definition) is 7. The third kappa shape index (κ3) is 4.19. The van der Waals surface area contributed by atoms with Crippen molar-refractivity contribution in [1.29, 1.82) is 0 Å². The number of phenolic OH excluding ortho intramolecular Hbond substituents is 1. The second-order valence-corrected chi connectivity index (χ2v) is 8.57. The Bertz CT molecular complexity index is 920. The predicted molar refractivity (Wildman–Crippen MR) is 113 cm³/mol. The molecule has 32 heavy (non-hydrogen) atoms. The van der Waals surface area contributed by atoms with Crippen LogP contribution in [0.3, 0.4) is 0 Å². The van der Waals surface area contributed by atoms with E-state index in [1.54, 1.807) is 24.3 Å². The molecule has 1 aliphatic carbocycles. The summed E-state index contributed by atoms with van der Waals surface area (Å²) in [7, 11) is 0. The lowest BCUT2D eigenvalue weighted by atomic mass is 9.65. The minimum atomic E-state index is -1.76. The largest absolute Gasteiger partial charge is 0.508 e. The van der Waals surface area contributed by atoms with Crippen LogP contribution in [-0.4, -0.2) is 62.2 Å². The van der Waals surface area contributed by atoms with Gasteiger partial charge >= 0.3 is 5.97 Å². The van der Waals surface area contributed by atoms with Crippen molar-refractivity contribution in [2.24, 2.45) is 0 Å². The van der Waals surface area contributed by atoms with Crippen LogP contribution in [0.2, 0.25) is 0 Å². The Morgan fingerprint density at radius 2 is 1.41 bits per heavy atom. The summed E-state index contributed by atoms with van der Waals surface area (Å²) < 4.78 is 10.8. The predicted octanol–water partition coefficient (Wildman–Crippen LogP) is 1.91. The van der Waals surface area contributed by atoms with E-state index in [4.69, 9.17) is 9.47 Å². The first-order chi connectivity index (χ1) is 15.3. The Kier molecular flexibility index (Phi) is 6.39. The molecule has 1 heterocycles. The summed E-state index contributed by atoms with van der Waals surface area (Å²) in [6, 6.07) is 14.6. The highest BCUT2D eigenvalue weighted by Gasteiger charge is 2.48. The zero-order valence-electron chi connectivity index (χ0n) is 17.5. The standard InChI is InChI=1S/C24H28O8/c25-16-8-4-14(5-9-16)24(12-2-1-3-13-24)15-6-10-17(11-7-15)31-23-20(28)18(26)19(27)21(32-23)22(29)30/h4-11,18-21,23,25-28H,1-3,12-13H2,(H,29,30)/t18-,19-,20+,21-,23+/m0/s1. The van der Waals surface area contributed by atoms with Gasteiger partial charge in [0.25, 0.3) is 0 Å². The lowest BCUT2D eigenvalue weighted by Crippen LogP contribution is -2.61. The number of aliphatic carboxylic acids is 1. The van der Waals surface area contributed by atoms with Crippen LogP contribution in [0.4, 0.5) is 0 Å².